The first-order valence-electron chi connectivity index (χ1n) is 4.67. The lowest BCUT2D eigenvalue weighted by molar-refractivity contribution is -0.275. The van der Waals surface area contributed by atoms with Gasteiger partial charge in [0.1, 0.15) is 5.75 Å². The van der Waals surface area contributed by atoms with Gasteiger partial charge in [0.15, 0.2) is 0 Å². The third-order valence-electron chi connectivity index (χ3n) is 1.96. The second kappa shape index (κ2) is 5.70. The van der Waals surface area contributed by atoms with Gasteiger partial charge >= 0.3 is 6.36 Å². The van der Waals surface area contributed by atoms with Crippen molar-refractivity contribution in [1.82, 2.24) is 0 Å². The van der Waals surface area contributed by atoms with Crippen molar-refractivity contribution in [1.29, 1.82) is 0 Å². The highest BCUT2D eigenvalue weighted by atomic mass is 79.9. The molecular formula is C10H10BrF3O3. The smallest absolute Gasteiger partial charge is 0.405 e. The van der Waals surface area contributed by atoms with Gasteiger partial charge in [-0.15, -0.1) is 13.2 Å². The molecule has 7 heteroatoms. The topological polar surface area (TPSA) is 49.7 Å². The molecule has 2 N–H and O–H groups in total. The van der Waals surface area contributed by atoms with E-state index in [1.54, 1.807) is 0 Å². The fraction of sp³-hybridized carbons (Fsp3) is 0.400. The van der Waals surface area contributed by atoms with E-state index >= 15 is 0 Å². The average Bonchev–Trinajstić information content (AvgIpc) is 2.15. The fourth-order valence-electron chi connectivity index (χ4n) is 1.27. The van der Waals surface area contributed by atoms with Crippen LogP contribution in [-0.2, 0) is 0 Å². The van der Waals surface area contributed by atoms with Gasteiger partial charge in [-0.25, -0.2) is 0 Å². The van der Waals surface area contributed by atoms with Crippen LogP contribution in [0.4, 0.5) is 13.2 Å². The molecule has 0 spiro atoms. The number of ether oxygens (including phenoxy) is 1. The van der Waals surface area contributed by atoms with Gasteiger partial charge in [0.2, 0.25) is 0 Å². The van der Waals surface area contributed by atoms with E-state index in [1.165, 1.54) is 12.1 Å². The van der Waals surface area contributed by atoms with Crippen LogP contribution in [0.15, 0.2) is 22.7 Å². The number of aliphatic hydroxyl groups excluding tert-OH is 2. The van der Waals surface area contributed by atoms with Crippen LogP contribution >= 0.6 is 15.9 Å². The largest absolute Gasteiger partial charge is 0.573 e. The maximum atomic E-state index is 12.1. The molecule has 0 aliphatic heterocycles. The van der Waals surface area contributed by atoms with Crippen LogP contribution in [0.2, 0.25) is 0 Å². The first kappa shape index (κ1) is 14.3. The van der Waals surface area contributed by atoms with E-state index in [9.17, 15) is 18.3 Å². The monoisotopic (exact) mass is 314 g/mol. The molecule has 0 amide bonds. The summed E-state index contributed by atoms with van der Waals surface area (Å²) < 4.78 is 40.6. The van der Waals surface area contributed by atoms with Crippen molar-refractivity contribution in [2.24, 2.45) is 0 Å². The maximum Gasteiger partial charge on any atom is 0.573 e. The van der Waals surface area contributed by atoms with Crippen LogP contribution in [0.1, 0.15) is 18.1 Å². The summed E-state index contributed by atoms with van der Waals surface area (Å²) in [4.78, 5) is 0. The first-order chi connectivity index (χ1) is 7.83. The van der Waals surface area contributed by atoms with Crippen LogP contribution in [0.3, 0.4) is 0 Å². The second-order valence-corrected chi connectivity index (χ2v) is 4.17. The zero-order valence-electron chi connectivity index (χ0n) is 8.54. The minimum absolute atomic E-state index is 0.0143. The Morgan fingerprint density at radius 2 is 2.00 bits per heavy atom. The Morgan fingerprint density at radius 1 is 1.35 bits per heavy atom. The van der Waals surface area contributed by atoms with Gasteiger partial charge in [-0.2, -0.15) is 0 Å². The molecule has 0 radical (unpaired) electrons. The maximum absolute atomic E-state index is 12.1. The molecular weight excluding hydrogens is 305 g/mol. The van der Waals surface area contributed by atoms with Crippen LogP contribution in [0.5, 0.6) is 5.75 Å². The van der Waals surface area contributed by atoms with Gasteiger partial charge in [0.25, 0.3) is 0 Å². The summed E-state index contributed by atoms with van der Waals surface area (Å²) in [6.45, 7) is -0.331. The number of hydrogen-bond acceptors (Lipinski definition) is 3. The summed E-state index contributed by atoms with van der Waals surface area (Å²) in [7, 11) is 0. The van der Waals surface area contributed by atoms with Gasteiger partial charge in [0, 0.05) is 23.1 Å². The van der Waals surface area contributed by atoms with E-state index in [2.05, 4.69) is 20.7 Å². The Morgan fingerprint density at radius 3 is 2.53 bits per heavy atom. The van der Waals surface area contributed by atoms with Crippen LogP contribution in [-0.4, -0.2) is 23.2 Å². The van der Waals surface area contributed by atoms with Gasteiger partial charge < -0.3 is 14.9 Å². The number of benzene rings is 1. The molecule has 0 saturated heterocycles. The van der Waals surface area contributed by atoms with Gasteiger partial charge in [-0.05, 0) is 12.1 Å². The fourth-order valence-corrected chi connectivity index (χ4v) is 1.61. The standard InChI is InChI=1S/C10H10BrF3O3/c11-6-1-2-7(8(16)3-4-15)9(5-6)17-10(12,13)14/h1-2,5,8,15-16H,3-4H2. The molecule has 0 aromatic heterocycles. The Bertz CT molecular complexity index is 382. The highest BCUT2D eigenvalue weighted by Crippen LogP contribution is 2.33. The van der Waals surface area contributed by atoms with Crippen molar-refractivity contribution >= 4 is 15.9 Å². The summed E-state index contributed by atoms with van der Waals surface area (Å²) in [6, 6.07) is 3.91. The third kappa shape index (κ3) is 4.53. The second-order valence-electron chi connectivity index (χ2n) is 3.26. The summed E-state index contributed by atoms with van der Waals surface area (Å²) in [5.74, 6) is -0.479. The number of aliphatic hydroxyl groups is 2. The quantitative estimate of drug-likeness (QED) is 0.898. The van der Waals surface area contributed by atoms with Crippen molar-refractivity contribution in [2.75, 3.05) is 6.61 Å². The molecule has 1 aromatic carbocycles. The number of hydrogen-bond donors (Lipinski definition) is 2. The molecule has 0 heterocycles. The molecule has 0 saturated carbocycles. The lowest BCUT2D eigenvalue weighted by Gasteiger charge is -2.16. The van der Waals surface area contributed by atoms with Crippen molar-refractivity contribution in [3.8, 4) is 5.75 Å². The minimum atomic E-state index is -4.82. The molecule has 0 aliphatic carbocycles. The summed E-state index contributed by atoms with van der Waals surface area (Å²) in [5.41, 5.74) is -0.0143. The first-order valence-corrected chi connectivity index (χ1v) is 5.47. The lowest BCUT2D eigenvalue weighted by atomic mass is 10.1. The van der Waals surface area contributed by atoms with Crippen LogP contribution in [0, 0.1) is 0 Å². The molecule has 0 bridgehead atoms. The predicted octanol–water partition coefficient (Wildman–Crippen LogP) is 2.76. The van der Waals surface area contributed by atoms with Crippen molar-refractivity contribution in [2.45, 2.75) is 18.9 Å². The molecule has 17 heavy (non-hydrogen) atoms. The Labute approximate surface area is 104 Å². The van der Waals surface area contributed by atoms with Crippen molar-refractivity contribution in [3.05, 3.63) is 28.2 Å². The molecule has 0 aliphatic rings. The molecule has 3 nitrogen and oxygen atoms in total. The Kier molecular flexibility index (Phi) is 4.79. The van der Waals surface area contributed by atoms with Gasteiger partial charge in [0.05, 0.1) is 6.10 Å². The van der Waals surface area contributed by atoms with Crippen molar-refractivity contribution in [3.63, 3.8) is 0 Å². The van der Waals surface area contributed by atoms with E-state index in [0.717, 1.165) is 6.07 Å². The average molecular weight is 315 g/mol. The molecule has 1 atom stereocenters. The molecule has 96 valence electrons. The van der Waals surface area contributed by atoms with E-state index in [4.69, 9.17) is 5.11 Å². The van der Waals surface area contributed by atoms with E-state index in [-0.39, 0.29) is 18.6 Å². The SMILES string of the molecule is OCCC(O)c1ccc(Br)cc1OC(F)(F)F. The highest BCUT2D eigenvalue weighted by Gasteiger charge is 2.32. The molecule has 0 fully saturated rings. The molecule has 1 unspecified atom stereocenters. The van der Waals surface area contributed by atoms with Crippen molar-refractivity contribution < 1.29 is 28.1 Å². The van der Waals surface area contributed by atoms with Crippen LogP contribution in [0.25, 0.3) is 0 Å². The van der Waals surface area contributed by atoms with E-state index in [0.29, 0.717) is 4.47 Å². The van der Waals surface area contributed by atoms with E-state index in [1.807, 2.05) is 0 Å². The number of rotatable bonds is 4. The molecule has 1 aromatic rings. The normalized spacial score (nSPS) is 13.5. The molecule has 1 rings (SSSR count). The predicted molar refractivity (Wildman–Crippen MR) is 57.5 cm³/mol. The highest BCUT2D eigenvalue weighted by molar-refractivity contribution is 9.10. The Hall–Kier alpha value is -0.790. The van der Waals surface area contributed by atoms with Gasteiger partial charge in [-0.3, -0.25) is 0 Å². The summed E-state index contributed by atoms with van der Waals surface area (Å²) in [5, 5.41) is 18.2. The minimum Gasteiger partial charge on any atom is -0.405 e. The summed E-state index contributed by atoms with van der Waals surface area (Å²) >= 11 is 3.01. The lowest BCUT2D eigenvalue weighted by Crippen LogP contribution is -2.19. The third-order valence-corrected chi connectivity index (χ3v) is 2.46. The zero-order valence-corrected chi connectivity index (χ0v) is 10.1. The Balaban J connectivity index is 3.03. The van der Waals surface area contributed by atoms with Gasteiger partial charge in [-0.1, -0.05) is 22.0 Å². The number of alkyl halides is 3. The van der Waals surface area contributed by atoms with Crippen LogP contribution < -0.4 is 4.74 Å². The number of halogens is 4. The van der Waals surface area contributed by atoms with E-state index < -0.39 is 18.2 Å². The summed E-state index contributed by atoms with van der Waals surface area (Å²) in [6.07, 6.45) is -6.09. The zero-order chi connectivity index (χ0) is 13.1.